The van der Waals surface area contributed by atoms with E-state index in [1.165, 1.54) is 0 Å². The van der Waals surface area contributed by atoms with Gasteiger partial charge in [0.2, 0.25) is 0 Å². The molecular weight excluding hydrogens is 219 g/mol. The van der Waals surface area contributed by atoms with E-state index < -0.39 is 6.17 Å². The Morgan fingerprint density at radius 2 is 1.88 bits per heavy atom. The molecule has 0 aliphatic heterocycles. The van der Waals surface area contributed by atoms with Crippen molar-refractivity contribution in [3.05, 3.63) is 35.9 Å². The van der Waals surface area contributed by atoms with Crippen LogP contribution < -0.4 is 0 Å². The van der Waals surface area contributed by atoms with Gasteiger partial charge in [-0.3, -0.25) is 0 Å². The zero-order chi connectivity index (χ0) is 12.1. The number of carbonyl (C=O) groups excluding carboxylic acids is 1. The van der Waals surface area contributed by atoms with Crippen LogP contribution in [0.25, 0.3) is 0 Å². The van der Waals surface area contributed by atoms with Crippen molar-refractivity contribution in [3.8, 4) is 0 Å². The topological polar surface area (TPSA) is 26.3 Å². The minimum absolute atomic E-state index is 0.122. The van der Waals surface area contributed by atoms with Gasteiger partial charge in [-0.1, -0.05) is 18.2 Å². The molecule has 0 N–H and O–H groups in total. The summed E-state index contributed by atoms with van der Waals surface area (Å²) in [5.41, 5.74) is 0.563. The number of hydrogen-bond donors (Lipinski definition) is 0. The van der Waals surface area contributed by atoms with Crippen molar-refractivity contribution in [2.75, 3.05) is 0 Å². The van der Waals surface area contributed by atoms with Gasteiger partial charge in [0, 0.05) is 0 Å². The number of rotatable bonds is 2. The maximum absolute atomic E-state index is 13.1. The Balaban J connectivity index is 1.90. The zero-order valence-corrected chi connectivity index (χ0v) is 9.77. The van der Waals surface area contributed by atoms with Crippen molar-refractivity contribution in [3.63, 3.8) is 0 Å². The molecule has 1 aliphatic carbocycles. The van der Waals surface area contributed by atoms with Gasteiger partial charge in [-0.25, -0.2) is 9.18 Å². The smallest absolute Gasteiger partial charge is 0.338 e. The molecule has 3 heteroatoms. The van der Waals surface area contributed by atoms with Gasteiger partial charge in [-0.15, -0.1) is 0 Å². The SMILES string of the molecule is O=C(OC1CCCC(F)CC1)c1ccccc1. The predicted molar refractivity (Wildman–Crippen MR) is 63.6 cm³/mol. The number of halogens is 1. The summed E-state index contributed by atoms with van der Waals surface area (Å²) in [7, 11) is 0. The van der Waals surface area contributed by atoms with Gasteiger partial charge < -0.3 is 4.74 Å². The first-order valence-electron chi connectivity index (χ1n) is 6.16. The first-order chi connectivity index (χ1) is 8.25. The average Bonchev–Trinajstić information content (AvgIpc) is 2.56. The monoisotopic (exact) mass is 236 g/mol. The Kier molecular flexibility index (Phi) is 4.13. The second-order valence-corrected chi connectivity index (χ2v) is 4.50. The summed E-state index contributed by atoms with van der Waals surface area (Å²) in [4.78, 5) is 11.8. The van der Waals surface area contributed by atoms with Gasteiger partial charge in [0.05, 0.1) is 5.56 Å². The van der Waals surface area contributed by atoms with Crippen molar-refractivity contribution in [2.24, 2.45) is 0 Å². The lowest BCUT2D eigenvalue weighted by atomic mass is 10.1. The fraction of sp³-hybridized carbons (Fsp3) is 0.500. The maximum Gasteiger partial charge on any atom is 0.338 e. The third kappa shape index (κ3) is 3.55. The van der Waals surface area contributed by atoms with E-state index in [9.17, 15) is 9.18 Å². The van der Waals surface area contributed by atoms with Crippen molar-refractivity contribution < 1.29 is 13.9 Å². The molecule has 92 valence electrons. The van der Waals surface area contributed by atoms with E-state index in [-0.39, 0.29) is 12.1 Å². The van der Waals surface area contributed by atoms with Crippen LogP contribution in [0.3, 0.4) is 0 Å². The Morgan fingerprint density at radius 3 is 2.65 bits per heavy atom. The molecule has 1 saturated carbocycles. The molecule has 0 saturated heterocycles. The lowest BCUT2D eigenvalue weighted by Crippen LogP contribution is -2.17. The summed E-state index contributed by atoms with van der Waals surface area (Å²) >= 11 is 0. The molecule has 0 heterocycles. The summed E-state index contributed by atoms with van der Waals surface area (Å²) in [6, 6.07) is 8.94. The predicted octanol–water partition coefficient (Wildman–Crippen LogP) is 3.51. The van der Waals surface area contributed by atoms with Crippen LogP contribution in [-0.4, -0.2) is 18.2 Å². The molecule has 17 heavy (non-hydrogen) atoms. The highest BCUT2D eigenvalue weighted by Crippen LogP contribution is 2.23. The lowest BCUT2D eigenvalue weighted by Gasteiger charge is -2.15. The first kappa shape index (κ1) is 12.1. The van der Waals surface area contributed by atoms with Gasteiger partial charge in [0.15, 0.2) is 0 Å². The number of ether oxygens (including phenoxy) is 1. The van der Waals surface area contributed by atoms with E-state index in [0.717, 1.165) is 12.8 Å². The largest absolute Gasteiger partial charge is 0.459 e. The highest BCUT2D eigenvalue weighted by molar-refractivity contribution is 5.89. The number of alkyl halides is 1. The van der Waals surface area contributed by atoms with Crippen LogP contribution in [-0.2, 0) is 4.74 Å². The normalized spacial score (nSPS) is 25.0. The molecule has 0 amide bonds. The highest BCUT2D eigenvalue weighted by Gasteiger charge is 2.21. The zero-order valence-electron chi connectivity index (χ0n) is 9.77. The van der Waals surface area contributed by atoms with Crippen LogP contribution in [0.15, 0.2) is 30.3 Å². The van der Waals surface area contributed by atoms with Gasteiger partial charge in [-0.2, -0.15) is 0 Å². The van der Waals surface area contributed by atoms with Gasteiger partial charge in [0.1, 0.15) is 12.3 Å². The lowest BCUT2D eigenvalue weighted by molar-refractivity contribution is 0.0263. The number of carbonyl (C=O) groups is 1. The molecule has 2 atom stereocenters. The molecule has 2 rings (SSSR count). The minimum Gasteiger partial charge on any atom is -0.459 e. The van der Waals surface area contributed by atoms with Crippen LogP contribution in [0.5, 0.6) is 0 Å². The van der Waals surface area contributed by atoms with E-state index >= 15 is 0 Å². The number of hydrogen-bond acceptors (Lipinski definition) is 2. The Labute approximate surface area is 101 Å². The summed E-state index contributed by atoms with van der Waals surface area (Å²) in [6.07, 6.45) is 2.47. The Hall–Kier alpha value is -1.38. The summed E-state index contributed by atoms with van der Waals surface area (Å²) in [6.45, 7) is 0. The van der Waals surface area contributed by atoms with E-state index in [4.69, 9.17) is 4.74 Å². The molecule has 1 aromatic rings. The number of benzene rings is 1. The third-order valence-electron chi connectivity index (χ3n) is 3.13. The summed E-state index contributed by atoms with van der Waals surface area (Å²) in [5, 5.41) is 0. The molecule has 0 bridgehead atoms. The Bertz CT molecular complexity index is 364. The standard InChI is InChI=1S/C14H17FO2/c15-12-7-4-8-13(10-9-12)17-14(16)11-5-2-1-3-6-11/h1-3,5-6,12-13H,4,7-10H2. The molecule has 1 aromatic carbocycles. The van der Waals surface area contributed by atoms with Crippen LogP contribution in [0.4, 0.5) is 4.39 Å². The number of esters is 1. The molecule has 2 nitrogen and oxygen atoms in total. The quantitative estimate of drug-likeness (QED) is 0.580. The molecule has 0 aromatic heterocycles. The molecule has 2 unspecified atom stereocenters. The molecule has 1 aliphatic rings. The molecule has 1 fully saturated rings. The minimum atomic E-state index is -0.726. The molecule has 0 radical (unpaired) electrons. The van der Waals surface area contributed by atoms with E-state index in [2.05, 4.69) is 0 Å². The van der Waals surface area contributed by atoms with Crippen LogP contribution in [0, 0.1) is 0 Å². The fourth-order valence-corrected chi connectivity index (χ4v) is 2.13. The highest BCUT2D eigenvalue weighted by atomic mass is 19.1. The van der Waals surface area contributed by atoms with Crippen molar-refractivity contribution in [2.45, 2.75) is 44.4 Å². The van der Waals surface area contributed by atoms with Crippen LogP contribution >= 0.6 is 0 Å². The van der Waals surface area contributed by atoms with Crippen molar-refractivity contribution in [1.82, 2.24) is 0 Å². The van der Waals surface area contributed by atoms with Crippen LogP contribution in [0.1, 0.15) is 42.5 Å². The maximum atomic E-state index is 13.1. The second-order valence-electron chi connectivity index (χ2n) is 4.50. The van der Waals surface area contributed by atoms with Gasteiger partial charge in [-0.05, 0) is 44.2 Å². The Morgan fingerprint density at radius 1 is 1.12 bits per heavy atom. The summed E-state index contributed by atoms with van der Waals surface area (Å²) in [5.74, 6) is -0.298. The summed E-state index contributed by atoms with van der Waals surface area (Å²) < 4.78 is 18.5. The molecule has 0 spiro atoms. The van der Waals surface area contributed by atoms with E-state index in [1.807, 2.05) is 6.07 Å². The first-order valence-corrected chi connectivity index (χ1v) is 6.16. The molecular formula is C14H17FO2. The van der Waals surface area contributed by atoms with Gasteiger partial charge in [0.25, 0.3) is 0 Å². The van der Waals surface area contributed by atoms with Crippen molar-refractivity contribution in [1.29, 1.82) is 0 Å². The third-order valence-corrected chi connectivity index (χ3v) is 3.13. The van der Waals surface area contributed by atoms with E-state index in [0.29, 0.717) is 24.8 Å². The average molecular weight is 236 g/mol. The fourth-order valence-electron chi connectivity index (χ4n) is 2.13. The van der Waals surface area contributed by atoms with Gasteiger partial charge >= 0.3 is 5.97 Å². The van der Waals surface area contributed by atoms with Crippen LogP contribution in [0.2, 0.25) is 0 Å². The second kappa shape index (κ2) is 5.80. The van der Waals surface area contributed by atoms with Crippen molar-refractivity contribution >= 4 is 5.97 Å². The van der Waals surface area contributed by atoms with E-state index in [1.54, 1.807) is 24.3 Å².